The zero-order chi connectivity index (χ0) is 21.8. The monoisotopic (exact) mass is 439 g/mol. The van der Waals surface area contributed by atoms with Crippen molar-refractivity contribution >= 4 is 34.8 Å². The maximum absolute atomic E-state index is 12.8. The van der Waals surface area contributed by atoms with E-state index in [4.69, 9.17) is 9.47 Å². The minimum Gasteiger partial charge on any atom is -0.477 e. The molecule has 31 heavy (non-hydrogen) atoms. The van der Waals surface area contributed by atoms with E-state index in [0.717, 1.165) is 0 Å². The summed E-state index contributed by atoms with van der Waals surface area (Å²) in [7, 11) is 1.49. The summed E-state index contributed by atoms with van der Waals surface area (Å²) in [6.45, 7) is -0.512. The van der Waals surface area contributed by atoms with Gasteiger partial charge in [0, 0.05) is 24.8 Å². The van der Waals surface area contributed by atoms with Crippen LogP contribution in [0.2, 0.25) is 0 Å². The van der Waals surface area contributed by atoms with E-state index in [1.807, 2.05) is 0 Å². The van der Waals surface area contributed by atoms with Crippen molar-refractivity contribution in [2.24, 2.45) is 0 Å². The Morgan fingerprint density at radius 3 is 2.77 bits per heavy atom. The number of carbonyl (C=O) groups excluding carboxylic acids is 3. The highest BCUT2D eigenvalue weighted by Gasteiger charge is 2.33. The molecule has 1 unspecified atom stereocenters. The summed E-state index contributed by atoms with van der Waals surface area (Å²) >= 11 is 1.20. The van der Waals surface area contributed by atoms with Crippen molar-refractivity contribution < 1.29 is 23.9 Å². The van der Waals surface area contributed by atoms with E-state index in [1.54, 1.807) is 42.7 Å². The maximum Gasteiger partial charge on any atom is 0.358 e. The molecule has 1 atom stereocenters. The molecule has 3 aromatic rings. The second-order valence-electron chi connectivity index (χ2n) is 6.38. The molecule has 1 aromatic carbocycles. The van der Waals surface area contributed by atoms with Crippen LogP contribution in [0, 0.1) is 0 Å². The number of hydrogen-bond donors (Lipinski definition) is 1. The van der Waals surface area contributed by atoms with Crippen molar-refractivity contribution in [2.45, 2.75) is 6.10 Å². The molecule has 0 radical (unpaired) electrons. The molecule has 0 saturated heterocycles. The summed E-state index contributed by atoms with van der Waals surface area (Å²) in [6, 6.07) is 8.53. The summed E-state index contributed by atoms with van der Waals surface area (Å²) in [6.07, 6.45) is 2.28. The third-order valence-corrected chi connectivity index (χ3v) is 5.25. The van der Waals surface area contributed by atoms with Crippen LogP contribution in [0.25, 0.3) is 10.8 Å². The number of hydrogen-bond acceptors (Lipinski definition) is 9. The third-order valence-electron chi connectivity index (χ3n) is 4.41. The van der Waals surface area contributed by atoms with Crippen molar-refractivity contribution in [3.8, 4) is 16.6 Å². The summed E-state index contributed by atoms with van der Waals surface area (Å²) < 4.78 is 10.8. The zero-order valence-corrected chi connectivity index (χ0v) is 17.2. The molecule has 0 saturated carbocycles. The first-order valence-electron chi connectivity index (χ1n) is 9.24. The van der Waals surface area contributed by atoms with Gasteiger partial charge >= 0.3 is 5.97 Å². The zero-order valence-electron chi connectivity index (χ0n) is 16.3. The molecule has 1 N–H and O–H groups in total. The Morgan fingerprint density at radius 2 is 2.00 bits per heavy atom. The Hall–Kier alpha value is -3.86. The van der Waals surface area contributed by atoms with Gasteiger partial charge < -0.3 is 19.7 Å². The highest BCUT2D eigenvalue weighted by atomic mass is 32.1. The van der Waals surface area contributed by atoms with Crippen LogP contribution in [-0.4, -0.2) is 59.0 Å². The fourth-order valence-corrected chi connectivity index (χ4v) is 3.66. The number of ether oxygens (including phenoxy) is 2. The number of likely N-dealkylation sites (N-methyl/N-ethyl adjacent to an activating group) is 1. The summed E-state index contributed by atoms with van der Waals surface area (Å²) in [5.41, 5.74) is 0.562. The molecule has 2 aromatic heterocycles. The normalized spacial score (nSPS) is 14.9. The highest BCUT2D eigenvalue weighted by molar-refractivity contribution is 7.13. The van der Waals surface area contributed by atoms with E-state index in [9.17, 15) is 14.4 Å². The predicted molar refractivity (Wildman–Crippen MR) is 111 cm³/mol. The average Bonchev–Trinajstić information content (AvgIpc) is 3.32. The Balaban J connectivity index is 1.44. The fourth-order valence-electron chi connectivity index (χ4n) is 2.93. The molecule has 0 spiro atoms. The molecule has 1 aliphatic heterocycles. The molecule has 11 heteroatoms. The number of nitrogens with one attached hydrogen (secondary N) is 1. The Kier molecular flexibility index (Phi) is 5.85. The van der Waals surface area contributed by atoms with Gasteiger partial charge in [-0.15, -0.1) is 11.3 Å². The lowest BCUT2D eigenvalue weighted by Gasteiger charge is -2.33. The molecule has 0 bridgehead atoms. The average molecular weight is 439 g/mol. The van der Waals surface area contributed by atoms with E-state index in [-0.39, 0.29) is 18.1 Å². The highest BCUT2D eigenvalue weighted by Crippen LogP contribution is 2.33. The number of aromatic nitrogens is 3. The van der Waals surface area contributed by atoms with Crippen LogP contribution in [0.4, 0.5) is 5.69 Å². The Bertz CT molecular complexity index is 1120. The number of anilines is 1. The van der Waals surface area contributed by atoms with E-state index in [1.165, 1.54) is 28.7 Å². The van der Waals surface area contributed by atoms with Crippen LogP contribution in [0.5, 0.6) is 5.75 Å². The van der Waals surface area contributed by atoms with Crippen molar-refractivity contribution in [1.82, 2.24) is 20.3 Å². The van der Waals surface area contributed by atoms with Crippen LogP contribution in [0.1, 0.15) is 10.5 Å². The number of benzene rings is 1. The van der Waals surface area contributed by atoms with Crippen molar-refractivity contribution in [3.05, 3.63) is 53.8 Å². The predicted octanol–water partition coefficient (Wildman–Crippen LogP) is 1.30. The van der Waals surface area contributed by atoms with E-state index in [2.05, 4.69) is 20.3 Å². The van der Waals surface area contributed by atoms with Crippen LogP contribution >= 0.6 is 11.3 Å². The van der Waals surface area contributed by atoms with Crippen molar-refractivity contribution in [3.63, 3.8) is 0 Å². The summed E-state index contributed by atoms with van der Waals surface area (Å²) in [5, 5.41) is 4.49. The second kappa shape index (κ2) is 8.88. The van der Waals surface area contributed by atoms with Gasteiger partial charge in [0.2, 0.25) is 0 Å². The quantitative estimate of drug-likeness (QED) is 0.590. The maximum atomic E-state index is 12.8. The molecule has 10 nitrogen and oxygen atoms in total. The van der Waals surface area contributed by atoms with Crippen molar-refractivity contribution in [1.29, 1.82) is 0 Å². The molecule has 0 fully saturated rings. The summed E-state index contributed by atoms with van der Waals surface area (Å²) in [4.78, 5) is 50.9. The van der Waals surface area contributed by atoms with Crippen molar-refractivity contribution in [2.75, 3.05) is 25.1 Å². The first-order chi connectivity index (χ1) is 15.1. The lowest BCUT2D eigenvalue weighted by molar-refractivity contribution is -0.128. The van der Waals surface area contributed by atoms with Crippen LogP contribution < -0.4 is 15.0 Å². The Morgan fingerprint density at radius 1 is 1.23 bits per heavy atom. The van der Waals surface area contributed by atoms with E-state index in [0.29, 0.717) is 22.3 Å². The smallest absolute Gasteiger partial charge is 0.358 e. The molecular formula is C20H17N5O5S. The number of esters is 1. The lowest BCUT2D eigenvalue weighted by atomic mass is 10.1. The number of rotatable bonds is 5. The number of thiazole rings is 1. The van der Waals surface area contributed by atoms with Gasteiger partial charge in [-0.25, -0.2) is 19.7 Å². The summed E-state index contributed by atoms with van der Waals surface area (Å²) in [5.74, 6) is -0.791. The third kappa shape index (κ3) is 4.36. The van der Waals surface area contributed by atoms with Gasteiger partial charge in [0.05, 0.1) is 12.2 Å². The van der Waals surface area contributed by atoms with Gasteiger partial charge in [-0.3, -0.25) is 9.59 Å². The van der Waals surface area contributed by atoms with Gasteiger partial charge in [-0.05, 0) is 18.2 Å². The molecule has 3 heterocycles. The topological polar surface area (TPSA) is 124 Å². The number of amides is 2. The van der Waals surface area contributed by atoms with Crippen LogP contribution in [-0.2, 0) is 14.3 Å². The fraction of sp³-hybridized carbons (Fsp3) is 0.200. The minimum absolute atomic E-state index is 0.000728. The largest absolute Gasteiger partial charge is 0.477 e. The lowest BCUT2D eigenvalue weighted by Crippen LogP contribution is -2.51. The molecular weight excluding hydrogens is 422 g/mol. The minimum atomic E-state index is -0.869. The van der Waals surface area contributed by atoms with Crippen LogP contribution in [0.3, 0.4) is 0 Å². The standard InChI is InChI=1S/C20H17N5O5S/c1-21-18(27)15-9-25(13-5-2-3-6-14(13)30-15)16(26)10-29-20(28)12-11-31-19(24-12)17-22-7-4-8-23-17/h2-8,11,15H,9-10H2,1H3,(H,21,27). The van der Waals surface area contributed by atoms with Gasteiger partial charge in [0.25, 0.3) is 11.8 Å². The molecule has 1 aliphatic rings. The van der Waals surface area contributed by atoms with E-state index < -0.39 is 24.6 Å². The van der Waals surface area contributed by atoms with Gasteiger partial charge in [-0.1, -0.05) is 12.1 Å². The molecule has 4 rings (SSSR count). The second-order valence-corrected chi connectivity index (χ2v) is 7.24. The van der Waals surface area contributed by atoms with Gasteiger partial charge in [-0.2, -0.15) is 0 Å². The number of fused-ring (bicyclic) bond motifs is 1. The Labute approximate surface area is 180 Å². The van der Waals surface area contributed by atoms with Gasteiger partial charge in [0.15, 0.2) is 29.2 Å². The SMILES string of the molecule is CNC(=O)C1CN(C(=O)COC(=O)c2csc(-c3ncccn3)n2)c2ccccc2O1. The number of carbonyl (C=O) groups is 3. The van der Waals surface area contributed by atoms with Gasteiger partial charge in [0.1, 0.15) is 5.75 Å². The number of para-hydroxylation sites is 2. The first kappa shape index (κ1) is 20.4. The molecule has 0 aliphatic carbocycles. The molecule has 2 amide bonds. The first-order valence-corrected chi connectivity index (χ1v) is 10.1. The van der Waals surface area contributed by atoms with E-state index >= 15 is 0 Å². The van der Waals surface area contributed by atoms with Crippen LogP contribution in [0.15, 0.2) is 48.1 Å². The molecule has 158 valence electrons. The number of nitrogens with zero attached hydrogens (tertiary/aromatic N) is 4.